The van der Waals surface area contributed by atoms with Crippen molar-refractivity contribution in [1.82, 2.24) is 5.43 Å². The van der Waals surface area contributed by atoms with Crippen LogP contribution in [-0.4, -0.2) is 0 Å². The average molecular weight is 308 g/mol. The smallest absolute Gasteiger partial charge is 0.126 e. The van der Waals surface area contributed by atoms with Crippen LogP contribution in [-0.2, 0) is 0 Å². The summed E-state index contributed by atoms with van der Waals surface area (Å²) in [5, 5.41) is 0.855. The second-order valence-electron chi connectivity index (χ2n) is 4.63. The van der Waals surface area contributed by atoms with E-state index in [1.54, 1.807) is 6.07 Å². The third-order valence-corrected chi connectivity index (χ3v) is 4.33. The van der Waals surface area contributed by atoms with E-state index >= 15 is 0 Å². The summed E-state index contributed by atoms with van der Waals surface area (Å²) in [5.41, 5.74) is 2.92. The van der Waals surface area contributed by atoms with Crippen LogP contribution in [0.2, 0.25) is 0 Å². The molecule has 108 valence electrons. The standard InChI is InChI=1S/C15H11F3N2S/c16-10-2-1-8-5-14(21-13(8)7-10)15(20-19)9-3-11(17)6-12(18)4-9/h1-7,15,20H,19H2. The predicted molar refractivity (Wildman–Crippen MR) is 77.3 cm³/mol. The summed E-state index contributed by atoms with van der Waals surface area (Å²) in [6.07, 6.45) is 0. The number of rotatable bonds is 3. The van der Waals surface area contributed by atoms with Crippen LogP contribution in [0.3, 0.4) is 0 Å². The van der Waals surface area contributed by atoms with Gasteiger partial charge in [-0.3, -0.25) is 5.84 Å². The molecule has 2 aromatic carbocycles. The van der Waals surface area contributed by atoms with E-state index in [9.17, 15) is 13.2 Å². The van der Waals surface area contributed by atoms with Gasteiger partial charge in [-0.05, 0) is 41.3 Å². The molecule has 0 aliphatic carbocycles. The van der Waals surface area contributed by atoms with Crippen molar-refractivity contribution < 1.29 is 13.2 Å². The molecule has 0 bridgehead atoms. The summed E-state index contributed by atoms with van der Waals surface area (Å²) in [5.74, 6) is 3.86. The van der Waals surface area contributed by atoms with Crippen LogP contribution in [0.25, 0.3) is 10.1 Å². The lowest BCUT2D eigenvalue weighted by Gasteiger charge is -2.14. The predicted octanol–water partition coefficient (Wildman–Crippen LogP) is 3.87. The van der Waals surface area contributed by atoms with Crippen LogP contribution in [0.5, 0.6) is 0 Å². The topological polar surface area (TPSA) is 38.0 Å². The van der Waals surface area contributed by atoms with Gasteiger partial charge in [0.05, 0.1) is 6.04 Å². The minimum atomic E-state index is -0.669. The number of nitrogens with one attached hydrogen (secondary N) is 1. The maximum atomic E-state index is 13.3. The first kappa shape index (κ1) is 14.1. The largest absolute Gasteiger partial charge is 0.271 e. The fourth-order valence-electron chi connectivity index (χ4n) is 2.25. The summed E-state index contributed by atoms with van der Waals surface area (Å²) in [6.45, 7) is 0. The quantitative estimate of drug-likeness (QED) is 0.569. The van der Waals surface area contributed by atoms with Crippen LogP contribution in [0.4, 0.5) is 13.2 Å². The van der Waals surface area contributed by atoms with Crippen molar-refractivity contribution in [2.45, 2.75) is 6.04 Å². The fourth-order valence-corrected chi connectivity index (χ4v) is 3.43. The van der Waals surface area contributed by atoms with Crippen LogP contribution < -0.4 is 11.3 Å². The van der Waals surface area contributed by atoms with E-state index < -0.39 is 17.7 Å². The van der Waals surface area contributed by atoms with Gasteiger partial charge in [-0.1, -0.05) is 6.07 Å². The molecule has 21 heavy (non-hydrogen) atoms. The number of fused-ring (bicyclic) bond motifs is 1. The maximum absolute atomic E-state index is 13.3. The summed E-state index contributed by atoms with van der Waals surface area (Å²) < 4.78 is 40.7. The van der Waals surface area contributed by atoms with Crippen LogP contribution in [0, 0.1) is 17.5 Å². The molecular weight excluding hydrogens is 297 g/mol. The van der Waals surface area contributed by atoms with E-state index in [4.69, 9.17) is 5.84 Å². The second kappa shape index (κ2) is 5.48. The second-order valence-corrected chi connectivity index (χ2v) is 5.75. The van der Waals surface area contributed by atoms with Crippen molar-refractivity contribution >= 4 is 21.4 Å². The van der Waals surface area contributed by atoms with E-state index in [0.717, 1.165) is 21.0 Å². The molecule has 1 unspecified atom stereocenters. The SMILES string of the molecule is NNC(c1cc(F)cc(F)c1)c1cc2ccc(F)cc2s1. The summed E-state index contributed by atoms with van der Waals surface area (Å²) >= 11 is 1.32. The molecule has 0 saturated carbocycles. The Labute approximate surface area is 123 Å². The number of hydrogen-bond acceptors (Lipinski definition) is 3. The van der Waals surface area contributed by atoms with Gasteiger partial charge >= 0.3 is 0 Å². The Bertz CT molecular complexity index is 780. The number of halogens is 3. The zero-order valence-corrected chi connectivity index (χ0v) is 11.6. The highest BCUT2D eigenvalue weighted by Crippen LogP contribution is 2.33. The van der Waals surface area contributed by atoms with Crippen LogP contribution in [0.1, 0.15) is 16.5 Å². The van der Waals surface area contributed by atoms with Gasteiger partial charge in [0.15, 0.2) is 0 Å². The highest BCUT2D eigenvalue weighted by molar-refractivity contribution is 7.19. The Hall–Kier alpha value is -1.89. The van der Waals surface area contributed by atoms with Crippen molar-refractivity contribution in [3.05, 3.63) is 70.4 Å². The van der Waals surface area contributed by atoms with Gasteiger partial charge < -0.3 is 0 Å². The van der Waals surface area contributed by atoms with Gasteiger partial charge in [0.25, 0.3) is 0 Å². The van der Waals surface area contributed by atoms with E-state index in [0.29, 0.717) is 5.56 Å². The Balaban J connectivity index is 2.08. The third kappa shape index (κ3) is 2.78. The molecule has 1 aromatic heterocycles. The monoisotopic (exact) mass is 308 g/mol. The number of hydrogen-bond donors (Lipinski definition) is 2. The van der Waals surface area contributed by atoms with E-state index in [2.05, 4.69) is 5.43 Å². The lowest BCUT2D eigenvalue weighted by molar-refractivity contribution is 0.567. The minimum Gasteiger partial charge on any atom is -0.271 e. The van der Waals surface area contributed by atoms with Crippen molar-refractivity contribution in [1.29, 1.82) is 0 Å². The highest BCUT2D eigenvalue weighted by Gasteiger charge is 2.17. The third-order valence-electron chi connectivity index (χ3n) is 3.17. The molecule has 6 heteroatoms. The highest BCUT2D eigenvalue weighted by atomic mass is 32.1. The fraction of sp³-hybridized carbons (Fsp3) is 0.0667. The molecule has 1 heterocycles. The maximum Gasteiger partial charge on any atom is 0.126 e. The molecular formula is C15H11F3N2S. The zero-order chi connectivity index (χ0) is 15.0. The van der Waals surface area contributed by atoms with Gasteiger partial charge in [0.1, 0.15) is 17.5 Å². The first-order valence-corrected chi connectivity index (χ1v) is 6.99. The minimum absolute atomic E-state index is 0.329. The molecule has 0 aliphatic rings. The molecule has 0 radical (unpaired) electrons. The summed E-state index contributed by atoms with van der Waals surface area (Å²) in [7, 11) is 0. The number of hydrazine groups is 1. The lowest BCUT2D eigenvalue weighted by atomic mass is 10.1. The molecule has 1 atom stereocenters. The zero-order valence-electron chi connectivity index (χ0n) is 10.7. The molecule has 3 N–H and O–H groups in total. The van der Waals surface area contributed by atoms with Crippen molar-refractivity contribution in [2.75, 3.05) is 0 Å². The molecule has 0 aliphatic heterocycles. The van der Waals surface area contributed by atoms with E-state index in [1.807, 2.05) is 6.07 Å². The van der Waals surface area contributed by atoms with Gasteiger partial charge in [0, 0.05) is 15.6 Å². The van der Waals surface area contributed by atoms with E-state index in [1.165, 1.54) is 35.6 Å². The van der Waals surface area contributed by atoms with Crippen LogP contribution >= 0.6 is 11.3 Å². The molecule has 2 nitrogen and oxygen atoms in total. The molecule has 0 saturated heterocycles. The Morgan fingerprint density at radius 3 is 2.29 bits per heavy atom. The number of nitrogens with two attached hydrogens (primary N) is 1. The first-order chi connectivity index (χ1) is 10.1. The van der Waals surface area contributed by atoms with Crippen molar-refractivity contribution in [3.8, 4) is 0 Å². The van der Waals surface area contributed by atoms with Gasteiger partial charge in [-0.2, -0.15) is 0 Å². The van der Waals surface area contributed by atoms with Crippen molar-refractivity contribution in [3.63, 3.8) is 0 Å². The summed E-state index contributed by atoms with van der Waals surface area (Å²) in [6, 6.07) is 8.95. The number of benzene rings is 2. The molecule has 3 rings (SSSR count). The normalized spacial score (nSPS) is 12.8. The Morgan fingerprint density at radius 2 is 1.62 bits per heavy atom. The molecule has 0 fully saturated rings. The molecule has 3 aromatic rings. The van der Waals surface area contributed by atoms with Gasteiger partial charge in [-0.15, -0.1) is 11.3 Å². The lowest BCUT2D eigenvalue weighted by Crippen LogP contribution is -2.28. The first-order valence-electron chi connectivity index (χ1n) is 6.18. The van der Waals surface area contributed by atoms with Crippen molar-refractivity contribution in [2.24, 2.45) is 5.84 Å². The molecule has 0 amide bonds. The van der Waals surface area contributed by atoms with Gasteiger partial charge in [0.2, 0.25) is 0 Å². The Kier molecular flexibility index (Phi) is 3.67. The van der Waals surface area contributed by atoms with E-state index in [-0.39, 0.29) is 5.82 Å². The average Bonchev–Trinajstić information content (AvgIpc) is 2.81. The van der Waals surface area contributed by atoms with Gasteiger partial charge in [-0.25, -0.2) is 18.6 Å². The summed E-state index contributed by atoms with van der Waals surface area (Å²) in [4.78, 5) is 0.753. The van der Waals surface area contributed by atoms with Crippen LogP contribution in [0.15, 0.2) is 42.5 Å². The molecule has 0 spiro atoms. The Morgan fingerprint density at radius 1 is 0.905 bits per heavy atom. The number of thiophene rings is 1.